The van der Waals surface area contributed by atoms with Crippen LogP contribution in [0.4, 0.5) is 0 Å². The fourth-order valence-corrected chi connectivity index (χ4v) is 1.72. The molecule has 1 nitrogen and oxygen atoms in total. The summed E-state index contributed by atoms with van der Waals surface area (Å²) >= 11 is 1.78. The second-order valence-electron chi connectivity index (χ2n) is 2.96. The molecule has 0 fully saturated rings. The van der Waals surface area contributed by atoms with Crippen molar-refractivity contribution < 1.29 is 0 Å². The lowest BCUT2D eigenvalue weighted by Gasteiger charge is -1.97. The van der Waals surface area contributed by atoms with E-state index in [1.165, 1.54) is 11.3 Å². The highest BCUT2D eigenvalue weighted by atomic mass is 32.1. The van der Waals surface area contributed by atoms with Crippen molar-refractivity contribution in [1.29, 1.82) is 0 Å². The highest BCUT2D eigenvalue weighted by molar-refractivity contribution is 7.10. The lowest BCUT2D eigenvalue weighted by Crippen LogP contribution is -2.14. The van der Waals surface area contributed by atoms with Crippen molar-refractivity contribution >= 4 is 17.4 Å². The standard InChI is InChI=1S/C11H17NS/c1-2-8-12-9-4-3-6-11-7-5-10-13-11/h3,5-7,10,12H,2,4,8-9H2,1H3. The first kappa shape index (κ1) is 10.5. The van der Waals surface area contributed by atoms with Crippen molar-refractivity contribution in [3.8, 4) is 0 Å². The third kappa shape index (κ3) is 4.86. The average Bonchev–Trinajstić information content (AvgIpc) is 2.63. The maximum absolute atomic E-state index is 3.37. The van der Waals surface area contributed by atoms with Gasteiger partial charge in [-0.3, -0.25) is 0 Å². The minimum atomic E-state index is 1.09. The third-order valence-electron chi connectivity index (χ3n) is 1.74. The van der Waals surface area contributed by atoms with Crippen molar-refractivity contribution in [2.75, 3.05) is 13.1 Å². The predicted octanol–water partition coefficient (Wildman–Crippen LogP) is 3.15. The largest absolute Gasteiger partial charge is 0.316 e. The van der Waals surface area contributed by atoms with E-state index in [1.807, 2.05) is 0 Å². The van der Waals surface area contributed by atoms with Crippen LogP contribution in [0, 0.1) is 0 Å². The molecule has 0 aliphatic carbocycles. The minimum Gasteiger partial charge on any atom is -0.316 e. The normalized spacial score (nSPS) is 11.2. The molecule has 1 N–H and O–H groups in total. The molecule has 0 radical (unpaired) electrons. The molecule has 13 heavy (non-hydrogen) atoms. The van der Waals surface area contributed by atoms with Gasteiger partial charge in [0.15, 0.2) is 0 Å². The minimum absolute atomic E-state index is 1.09. The molecule has 0 bridgehead atoms. The molecular formula is C11H17NS. The summed E-state index contributed by atoms with van der Waals surface area (Å²) < 4.78 is 0. The zero-order valence-electron chi connectivity index (χ0n) is 8.12. The van der Waals surface area contributed by atoms with E-state index in [-0.39, 0.29) is 0 Å². The second-order valence-corrected chi connectivity index (χ2v) is 3.94. The Hall–Kier alpha value is -0.600. The van der Waals surface area contributed by atoms with Gasteiger partial charge in [-0.1, -0.05) is 19.1 Å². The van der Waals surface area contributed by atoms with Crippen LogP contribution in [0.1, 0.15) is 24.6 Å². The second kappa shape index (κ2) is 6.87. The molecule has 1 heterocycles. The Morgan fingerprint density at radius 1 is 1.46 bits per heavy atom. The summed E-state index contributed by atoms with van der Waals surface area (Å²) in [7, 11) is 0. The molecule has 0 amide bonds. The van der Waals surface area contributed by atoms with E-state index in [1.54, 1.807) is 11.3 Å². The van der Waals surface area contributed by atoms with Crippen LogP contribution in [0.3, 0.4) is 0 Å². The first-order valence-electron chi connectivity index (χ1n) is 4.84. The van der Waals surface area contributed by atoms with Gasteiger partial charge in [-0.05, 0) is 43.5 Å². The fourth-order valence-electron chi connectivity index (χ4n) is 1.07. The van der Waals surface area contributed by atoms with Crippen LogP contribution in [0.2, 0.25) is 0 Å². The smallest absolute Gasteiger partial charge is 0.0267 e. The first-order valence-corrected chi connectivity index (χ1v) is 5.72. The maximum atomic E-state index is 3.37. The van der Waals surface area contributed by atoms with Crippen LogP contribution in [0.5, 0.6) is 0 Å². The molecule has 1 aromatic heterocycles. The van der Waals surface area contributed by atoms with Crippen LogP contribution in [0.15, 0.2) is 23.6 Å². The van der Waals surface area contributed by atoms with Gasteiger partial charge in [-0.25, -0.2) is 0 Å². The Balaban J connectivity index is 2.05. The molecule has 0 aromatic carbocycles. The Bertz CT molecular complexity index is 226. The number of hydrogen-bond donors (Lipinski definition) is 1. The van der Waals surface area contributed by atoms with Gasteiger partial charge < -0.3 is 5.32 Å². The third-order valence-corrected chi connectivity index (χ3v) is 2.58. The van der Waals surface area contributed by atoms with Gasteiger partial charge in [0, 0.05) is 4.88 Å². The first-order chi connectivity index (χ1) is 6.43. The molecule has 0 atom stereocenters. The molecule has 0 saturated carbocycles. The van der Waals surface area contributed by atoms with Gasteiger partial charge in [-0.15, -0.1) is 11.3 Å². The van der Waals surface area contributed by atoms with Crippen molar-refractivity contribution in [3.05, 3.63) is 28.5 Å². The molecule has 0 aliphatic heterocycles. The SMILES string of the molecule is CCCNCCC=Cc1cccs1. The van der Waals surface area contributed by atoms with E-state index >= 15 is 0 Å². The molecule has 1 aromatic rings. The highest BCUT2D eigenvalue weighted by Crippen LogP contribution is 2.10. The summed E-state index contributed by atoms with van der Waals surface area (Å²) in [4.78, 5) is 1.34. The van der Waals surface area contributed by atoms with Crippen LogP contribution in [-0.4, -0.2) is 13.1 Å². The summed E-state index contributed by atoms with van der Waals surface area (Å²) in [5.74, 6) is 0. The number of hydrogen-bond acceptors (Lipinski definition) is 2. The molecule has 2 heteroatoms. The molecule has 1 rings (SSSR count). The summed E-state index contributed by atoms with van der Waals surface area (Å²) in [5.41, 5.74) is 0. The molecule has 72 valence electrons. The quantitative estimate of drug-likeness (QED) is 0.688. The van der Waals surface area contributed by atoms with Crippen LogP contribution in [0.25, 0.3) is 6.08 Å². The summed E-state index contributed by atoms with van der Waals surface area (Å²) in [6.07, 6.45) is 6.76. The Morgan fingerprint density at radius 2 is 2.38 bits per heavy atom. The number of rotatable bonds is 6. The van der Waals surface area contributed by atoms with Gasteiger partial charge >= 0.3 is 0 Å². The Labute approximate surface area is 84.5 Å². The Kier molecular flexibility index (Phi) is 5.54. The zero-order valence-corrected chi connectivity index (χ0v) is 8.94. The van der Waals surface area contributed by atoms with Crippen molar-refractivity contribution in [3.63, 3.8) is 0 Å². The van der Waals surface area contributed by atoms with E-state index in [2.05, 4.69) is 41.9 Å². The lowest BCUT2D eigenvalue weighted by molar-refractivity contribution is 0.679. The van der Waals surface area contributed by atoms with E-state index in [0.717, 1.165) is 19.5 Å². The van der Waals surface area contributed by atoms with E-state index < -0.39 is 0 Å². The van der Waals surface area contributed by atoms with Crippen molar-refractivity contribution in [2.24, 2.45) is 0 Å². The zero-order chi connectivity index (χ0) is 9.36. The van der Waals surface area contributed by atoms with Crippen LogP contribution < -0.4 is 5.32 Å². The highest BCUT2D eigenvalue weighted by Gasteiger charge is 1.85. The lowest BCUT2D eigenvalue weighted by atomic mass is 10.3. The van der Waals surface area contributed by atoms with Crippen LogP contribution in [-0.2, 0) is 0 Å². The maximum Gasteiger partial charge on any atom is 0.0267 e. The summed E-state index contributed by atoms with van der Waals surface area (Å²) in [5, 5.41) is 5.47. The molecule has 0 unspecified atom stereocenters. The average molecular weight is 195 g/mol. The summed E-state index contributed by atoms with van der Waals surface area (Å²) in [6.45, 7) is 4.41. The van der Waals surface area contributed by atoms with Gasteiger partial charge in [0.05, 0.1) is 0 Å². The molecule has 0 spiro atoms. The van der Waals surface area contributed by atoms with E-state index in [9.17, 15) is 0 Å². The van der Waals surface area contributed by atoms with Crippen LogP contribution >= 0.6 is 11.3 Å². The molecule has 0 saturated heterocycles. The molecular weight excluding hydrogens is 178 g/mol. The molecule has 0 aliphatic rings. The van der Waals surface area contributed by atoms with Gasteiger partial charge in [-0.2, -0.15) is 0 Å². The topological polar surface area (TPSA) is 12.0 Å². The van der Waals surface area contributed by atoms with E-state index in [4.69, 9.17) is 0 Å². The van der Waals surface area contributed by atoms with E-state index in [0.29, 0.717) is 0 Å². The number of nitrogens with one attached hydrogen (secondary N) is 1. The monoisotopic (exact) mass is 195 g/mol. The van der Waals surface area contributed by atoms with Gasteiger partial charge in [0.1, 0.15) is 0 Å². The Morgan fingerprint density at radius 3 is 3.08 bits per heavy atom. The fraction of sp³-hybridized carbons (Fsp3) is 0.455. The summed E-state index contributed by atoms with van der Waals surface area (Å²) in [6, 6.07) is 4.22. The predicted molar refractivity (Wildman–Crippen MR) is 61.1 cm³/mol. The number of thiophene rings is 1. The van der Waals surface area contributed by atoms with Crippen molar-refractivity contribution in [1.82, 2.24) is 5.32 Å². The van der Waals surface area contributed by atoms with Gasteiger partial charge in [0.25, 0.3) is 0 Å². The van der Waals surface area contributed by atoms with Gasteiger partial charge in [0.2, 0.25) is 0 Å². The van der Waals surface area contributed by atoms with Crippen molar-refractivity contribution in [2.45, 2.75) is 19.8 Å².